The Bertz CT molecular complexity index is 1190. The number of ether oxygens (including phenoxy) is 1. The molecule has 4 nitrogen and oxygen atoms in total. The Balaban J connectivity index is 1.82. The number of esters is 1. The Morgan fingerprint density at radius 1 is 1.12 bits per heavy atom. The highest BCUT2D eigenvalue weighted by molar-refractivity contribution is 5.86. The van der Waals surface area contributed by atoms with Crippen LogP contribution in [0.1, 0.15) is 34.7 Å². The van der Waals surface area contributed by atoms with Crippen molar-refractivity contribution in [1.29, 1.82) is 0 Å². The van der Waals surface area contributed by atoms with E-state index in [4.69, 9.17) is 0 Å². The van der Waals surface area contributed by atoms with Gasteiger partial charge in [-0.15, -0.1) is 0 Å². The van der Waals surface area contributed by atoms with Crippen molar-refractivity contribution in [3.05, 3.63) is 100 Å². The van der Waals surface area contributed by atoms with Crippen LogP contribution in [0.2, 0.25) is 0 Å². The number of anilines is 1. The Hall–Kier alpha value is -3.60. The van der Waals surface area contributed by atoms with Crippen molar-refractivity contribution in [2.75, 3.05) is 18.6 Å². The van der Waals surface area contributed by atoms with E-state index in [1.54, 1.807) is 31.2 Å². The molecule has 0 spiro atoms. The molecule has 3 aromatic rings. The molecule has 0 aromatic heterocycles. The zero-order valence-electron chi connectivity index (χ0n) is 18.4. The lowest BCUT2D eigenvalue weighted by molar-refractivity contribution is -0.134. The number of aryl methyl sites for hydroxylation is 1. The number of phenols is 1. The van der Waals surface area contributed by atoms with E-state index in [0.717, 1.165) is 34.4 Å². The van der Waals surface area contributed by atoms with Crippen molar-refractivity contribution in [2.24, 2.45) is 0 Å². The van der Waals surface area contributed by atoms with Crippen LogP contribution in [0.3, 0.4) is 0 Å². The summed E-state index contributed by atoms with van der Waals surface area (Å²) < 4.78 is 19.1. The van der Waals surface area contributed by atoms with Crippen LogP contribution >= 0.6 is 0 Å². The maximum absolute atomic E-state index is 14.5. The molecule has 32 heavy (non-hydrogen) atoms. The quantitative estimate of drug-likeness (QED) is 0.447. The average Bonchev–Trinajstić information content (AvgIpc) is 2.79. The van der Waals surface area contributed by atoms with Crippen molar-refractivity contribution in [2.45, 2.75) is 25.8 Å². The summed E-state index contributed by atoms with van der Waals surface area (Å²) in [5.41, 5.74) is 4.89. The second-order valence-electron chi connectivity index (χ2n) is 8.23. The molecule has 1 unspecified atom stereocenters. The van der Waals surface area contributed by atoms with E-state index < -0.39 is 11.5 Å². The number of carbonyl (C=O) groups excluding carboxylic acids is 1. The third-order valence-corrected chi connectivity index (χ3v) is 6.31. The minimum absolute atomic E-state index is 0.232. The van der Waals surface area contributed by atoms with Gasteiger partial charge in [0.1, 0.15) is 11.6 Å². The zero-order chi connectivity index (χ0) is 22.9. The maximum atomic E-state index is 14.5. The first-order valence-electron chi connectivity index (χ1n) is 10.6. The molecule has 0 radical (unpaired) electrons. The smallest absolute Gasteiger partial charge is 0.330 e. The number of aromatic hydroxyl groups is 1. The van der Waals surface area contributed by atoms with E-state index in [9.17, 15) is 14.3 Å². The lowest BCUT2D eigenvalue weighted by Crippen LogP contribution is -2.49. The minimum atomic E-state index is -0.576. The molecule has 0 aliphatic carbocycles. The molecule has 0 saturated heterocycles. The highest BCUT2D eigenvalue weighted by Gasteiger charge is 2.40. The SMILES string of the molecule is COC(=O)/C=C/c1ccc(C2(C)c3ccc(O)cc3CCN2c2ccc(C)c(F)c2)cc1. The Kier molecular flexibility index (Phi) is 5.74. The molecule has 0 amide bonds. The van der Waals surface area contributed by atoms with Gasteiger partial charge in [0.25, 0.3) is 0 Å². The van der Waals surface area contributed by atoms with Crippen LogP contribution in [0, 0.1) is 12.7 Å². The van der Waals surface area contributed by atoms with Crippen LogP contribution < -0.4 is 4.90 Å². The van der Waals surface area contributed by atoms with Gasteiger partial charge in [-0.1, -0.05) is 36.4 Å². The van der Waals surface area contributed by atoms with Gasteiger partial charge in [0.2, 0.25) is 0 Å². The van der Waals surface area contributed by atoms with Gasteiger partial charge < -0.3 is 14.7 Å². The molecule has 1 aliphatic heterocycles. The molecule has 5 heteroatoms. The van der Waals surface area contributed by atoms with Crippen molar-refractivity contribution < 1.29 is 19.0 Å². The number of fused-ring (bicyclic) bond motifs is 1. The van der Waals surface area contributed by atoms with Crippen LogP contribution in [0.15, 0.2) is 66.7 Å². The van der Waals surface area contributed by atoms with Crippen molar-refractivity contribution >= 4 is 17.7 Å². The third kappa shape index (κ3) is 3.86. The van der Waals surface area contributed by atoms with E-state index in [-0.39, 0.29) is 11.6 Å². The Morgan fingerprint density at radius 3 is 2.56 bits per heavy atom. The lowest BCUT2D eigenvalue weighted by atomic mass is 9.76. The van der Waals surface area contributed by atoms with Crippen LogP contribution in [-0.2, 0) is 21.5 Å². The van der Waals surface area contributed by atoms with E-state index in [1.165, 1.54) is 13.2 Å². The summed E-state index contributed by atoms with van der Waals surface area (Å²) in [6, 6.07) is 18.8. The molecule has 164 valence electrons. The lowest BCUT2D eigenvalue weighted by Gasteiger charge is -2.48. The second kappa shape index (κ2) is 8.50. The summed E-state index contributed by atoms with van der Waals surface area (Å²) in [7, 11) is 1.34. The maximum Gasteiger partial charge on any atom is 0.330 e. The van der Waals surface area contributed by atoms with Crippen LogP contribution in [-0.4, -0.2) is 24.7 Å². The van der Waals surface area contributed by atoms with Crippen molar-refractivity contribution in [1.82, 2.24) is 0 Å². The van der Waals surface area contributed by atoms with Gasteiger partial charge in [0.05, 0.1) is 12.6 Å². The Labute approximate surface area is 187 Å². The first-order valence-corrected chi connectivity index (χ1v) is 10.6. The normalized spacial score (nSPS) is 17.9. The van der Waals surface area contributed by atoms with Crippen LogP contribution in [0.4, 0.5) is 10.1 Å². The molecule has 3 aromatic carbocycles. The van der Waals surface area contributed by atoms with Gasteiger partial charge >= 0.3 is 5.97 Å². The highest BCUT2D eigenvalue weighted by atomic mass is 19.1. The number of carbonyl (C=O) groups is 1. The summed E-state index contributed by atoms with van der Waals surface area (Å²) in [6.45, 7) is 4.56. The topological polar surface area (TPSA) is 49.8 Å². The summed E-state index contributed by atoms with van der Waals surface area (Å²) in [6.07, 6.45) is 3.84. The fraction of sp³-hybridized carbons (Fsp3) is 0.222. The number of nitrogens with zero attached hydrogens (tertiary/aromatic N) is 1. The predicted molar refractivity (Wildman–Crippen MR) is 124 cm³/mol. The standard InChI is InChI=1S/C27H26FNO3/c1-18-4-10-22(17-25(18)28)29-15-14-20-16-23(30)11-12-24(20)27(29,2)21-8-5-19(6-9-21)7-13-26(31)32-3/h4-13,16-17,30H,14-15H2,1-3H3/b13-7+. The van der Waals surface area contributed by atoms with Gasteiger partial charge in [0.15, 0.2) is 0 Å². The number of phenolic OH excluding ortho intramolecular Hbond substituents is 1. The molecule has 0 bridgehead atoms. The summed E-state index contributed by atoms with van der Waals surface area (Å²) in [5, 5.41) is 10.0. The number of hydrogen-bond acceptors (Lipinski definition) is 4. The monoisotopic (exact) mass is 431 g/mol. The minimum Gasteiger partial charge on any atom is -0.508 e. The average molecular weight is 432 g/mol. The molecule has 1 atom stereocenters. The van der Waals surface area contributed by atoms with Crippen molar-refractivity contribution in [3.8, 4) is 5.75 Å². The Morgan fingerprint density at radius 2 is 1.88 bits per heavy atom. The van der Waals surface area contributed by atoms with Crippen LogP contribution in [0.5, 0.6) is 5.75 Å². The van der Waals surface area contributed by atoms with E-state index >= 15 is 0 Å². The molecular weight excluding hydrogens is 405 g/mol. The number of halogens is 1. The predicted octanol–water partition coefficient (Wildman–Crippen LogP) is 5.35. The van der Waals surface area contributed by atoms with E-state index in [2.05, 4.69) is 16.6 Å². The molecule has 4 rings (SSSR count). The zero-order valence-corrected chi connectivity index (χ0v) is 18.4. The molecular formula is C27H26FNO3. The van der Waals surface area contributed by atoms with Gasteiger partial charge in [0, 0.05) is 18.3 Å². The van der Waals surface area contributed by atoms with E-state index in [0.29, 0.717) is 12.1 Å². The molecule has 1 N–H and O–H groups in total. The van der Waals surface area contributed by atoms with Gasteiger partial charge in [-0.05, 0) is 78.4 Å². The molecule has 1 aliphatic rings. The van der Waals surface area contributed by atoms with Crippen LogP contribution in [0.25, 0.3) is 6.08 Å². The van der Waals surface area contributed by atoms with Gasteiger partial charge in [-0.3, -0.25) is 0 Å². The molecule has 0 saturated carbocycles. The highest BCUT2D eigenvalue weighted by Crippen LogP contribution is 2.44. The largest absolute Gasteiger partial charge is 0.508 e. The second-order valence-corrected chi connectivity index (χ2v) is 8.23. The summed E-state index contributed by atoms with van der Waals surface area (Å²) in [4.78, 5) is 13.6. The third-order valence-electron chi connectivity index (χ3n) is 6.31. The number of rotatable bonds is 4. The first kappa shape index (κ1) is 21.6. The van der Waals surface area contributed by atoms with Gasteiger partial charge in [-0.2, -0.15) is 0 Å². The fourth-order valence-electron chi connectivity index (χ4n) is 4.46. The van der Waals surface area contributed by atoms with Gasteiger partial charge in [-0.25, -0.2) is 9.18 Å². The number of hydrogen-bond donors (Lipinski definition) is 1. The summed E-state index contributed by atoms with van der Waals surface area (Å²) >= 11 is 0. The first-order chi connectivity index (χ1) is 15.3. The number of benzene rings is 3. The molecule has 0 fully saturated rings. The summed E-state index contributed by atoms with van der Waals surface area (Å²) in [5.74, 6) is -0.400. The molecule has 1 heterocycles. The van der Waals surface area contributed by atoms with E-state index in [1.807, 2.05) is 42.5 Å². The number of methoxy groups -OCH3 is 1. The van der Waals surface area contributed by atoms with Crippen molar-refractivity contribution in [3.63, 3.8) is 0 Å². The fourth-order valence-corrected chi connectivity index (χ4v) is 4.46.